The van der Waals surface area contributed by atoms with Gasteiger partial charge in [0.25, 0.3) is 0 Å². The molecular weight excluding hydrogens is 446 g/mol. The summed E-state index contributed by atoms with van der Waals surface area (Å²) in [6.45, 7) is 3.67. The van der Waals surface area contributed by atoms with E-state index in [1.807, 2.05) is 0 Å². The largest absolute Gasteiger partial charge is 0.387 e. The second-order valence-electron chi connectivity index (χ2n) is 13.3. The lowest BCUT2D eigenvalue weighted by Gasteiger charge is -2.42. The van der Waals surface area contributed by atoms with Gasteiger partial charge < -0.3 is 16.4 Å². The summed E-state index contributed by atoms with van der Waals surface area (Å²) in [5, 5.41) is 8.10. The van der Waals surface area contributed by atoms with Crippen molar-refractivity contribution in [2.75, 3.05) is 26.2 Å². The van der Waals surface area contributed by atoms with Gasteiger partial charge in [-0.25, -0.2) is 0 Å². The van der Waals surface area contributed by atoms with E-state index in [9.17, 15) is 4.79 Å². The molecule has 0 aromatic carbocycles. The summed E-state index contributed by atoms with van der Waals surface area (Å²) in [5.41, 5.74) is 11.8. The molecule has 0 bridgehead atoms. The lowest BCUT2D eigenvalue weighted by Crippen LogP contribution is -2.52. The number of fused-ring (bicyclic) bond motifs is 1. The quantitative estimate of drug-likeness (QED) is 0.347. The number of hydrogen-bond donors (Lipinski definition) is 3. The highest BCUT2D eigenvalue weighted by Crippen LogP contribution is 2.45. The summed E-state index contributed by atoms with van der Waals surface area (Å²) in [5.74, 6) is 4.92. The number of nitrogens with two attached hydrogens (primary N) is 2. The molecule has 0 radical (unpaired) electrons. The molecule has 5 aliphatic rings. The number of likely N-dealkylation sites (tertiary alicyclic amines) is 2. The minimum atomic E-state index is 0.0489. The monoisotopic (exact) mass is 499 g/mol. The molecule has 5 rings (SSSR count). The summed E-state index contributed by atoms with van der Waals surface area (Å²) in [6, 6.07) is 0.486. The fraction of sp³-hybridized carbons (Fsp3) is 0.933. The lowest BCUT2D eigenvalue weighted by atomic mass is 9.71. The Morgan fingerprint density at radius 3 is 2.11 bits per heavy atom. The molecule has 4 unspecified atom stereocenters. The molecule has 2 saturated heterocycles. The molecule has 5 fully saturated rings. The van der Waals surface area contributed by atoms with Crippen molar-refractivity contribution < 1.29 is 4.79 Å². The van der Waals surface area contributed by atoms with Crippen molar-refractivity contribution >= 4 is 11.7 Å². The lowest BCUT2D eigenvalue weighted by molar-refractivity contribution is -0.138. The molecule has 0 aromatic rings. The molecule has 204 valence electrons. The van der Waals surface area contributed by atoms with Crippen molar-refractivity contribution in [1.29, 1.82) is 5.41 Å². The second-order valence-corrected chi connectivity index (χ2v) is 13.3. The van der Waals surface area contributed by atoms with Gasteiger partial charge >= 0.3 is 0 Å². The van der Waals surface area contributed by atoms with Crippen molar-refractivity contribution in [3.05, 3.63) is 0 Å². The zero-order chi connectivity index (χ0) is 25.1. The number of nitrogens with zero attached hydrogens (tertiary/aromatic N) is 2. The van der Waals surface area contributed by atoms with Crippen LogP contribution in [-0.4, -0.2) is 59.8 Å². The van der Waals surface area contributed by atoms with Gasteiger partial charge in [0.1, 0.15) is 0 Å². The highest BCUT2D eigenvalue weighted by molar-refractivity contribution is 5.83. The fourth-order valence-electron chi connectivity index (χ4n) is 8.97. The van der Waals surface area contributed by atoms with Gasteiger partial charge in [0.05, 0.1) is 11.9 Å². The number of piperidine rings is 1. The highest BCUT2D eigenvalue weighted by atomic mass is 16.2. The molecule has 5 N–H and O–H groups in total. The number of rotatable bonds is 7. The molecule has 3 saturated carbocycles. The molecule has 6 nitrogen and oxygen atoms in total. The minimum absolute atomic E-state index is 0.0489. The predicted molar refractivity (Wildman–Crippen MR) is 147 cm³/mol. The first kappa shape index (κ1) is 26.5. The van der Waals surface area contributed by atoms with E-state index in [0.717, 1.165) is 88.9 Å². The molecule has 6 heteroatoms. The van der Waals surface area contributed by atoms with E-state index < -0.39 is 0 Å². The zero-order valence-corrected chi connectivity index (χ0v) is 22.7. The normalized spacial score (nSPS) is 37.1. The molecule has 0 aromatic heterocycles. The van der Waals surface area contributed by atoms with Crippen molar-refractivity contribution in [1.82, 2.24) is 9.80 Å². The molecular formula is C30H53N5O. The van der Waals surface area contributed by atoms with Gasteiger partial charge in [0, 0.05) is 31.6 Å². The molecule has 3 aliphatic carbocycles. The number of hydrogen-bond acceptors (Lipinski definition) is 4. The van der Waals surface area contributed by atoms with Gasteiger partial charge in [0.15, 0.2) is 0 Å². The molecule has 36 heavy (non-hydrogen) atoms. The van der Waals surface area contributed by atoms with Gasteiger partial charge in [0.2, 0.25) is 5.91 Å². The SMILES string of the molecule is N=C(N)C1CCC2CC(C(=O)N3CCC(CCN)CC3)N(CC3CCC(C4CCCCC4)CC3)C2C1. The van der Waals surface area contributed by atoms with Crippen LogP contribution in [0.3, 0.4) is 0 Å². The molecule has 1 amide bonds. The summed E-state index contributed by atoms with van der Waals surface area (Å²) >= 11 is 0. The van der Waals surface area contributed by atoms with E-state index in [-0.39, 0.29) is 12.0 Å². The third-order valence-electron chi connectivity index (χ3n) is 11.2. The van der Waals surface area contributed by atoms with Gasteiger partial charge in [-0.3, -0.25) is 15.1 Å². The average molecular weight is 500 g/mol. The number of amidine groups is 1. The molecule has 2 aliphatic heterocycles. The predicted octanol–water partition coefficient (Wildman–Crippen LogP) is 4.76. The number of nitrogens with one attached hydrogen (secondary N) is 1. The van der Waals surface area contributed by atoms with Gasteiger partial charge in [-0.05, 0) is 107 Å². The van der Waals surface area contributed by atoms with E-state index >= 15 is 0 Å². The Bertz CT molecular complexity index is 736. The second kappa shape index (κ2) is 12.1. The van der Waals surface area contributed by atoms with Gasteiger partial charge in [-0.15, -0.1) is 0 Å². The molecule has 2 heterocycles. The number of carbonyl (C=O) groups is 1. The topological polar surface area (TPSA) is 99.4 Å². The van der Waals surface area contributed by atoms with Crippen molar-refractivity contribution in [3.8, 4) is 0 Å². The van der Waals surface area contributed by atoms with E-state index in [4.69, 9.17) is 16.9 Å². The van der Waals surface area contributed by atoms with Gasteiger partial charge in [-0.1, -0.05) is 32.1 Å². The van der Waals surface area contributed by atoms with Crippen LogP contribution < -0.4 is 11.5 Å². The first-order valence-electron chi connectivity index (χ1n) is 15.6. The van der Waals surface area contributed by atoms with Crippen molar-refractivity contribution in [2.24, 2.45) is 47.0 Å². The van der Waals surface area contributed by atoms with E-state index in [1.54, 1.807) is 0 Å². The summed E-state index contributed by atoms with van der Waals surface area (Å²) in [7, 11) is 0. The third kappa shape index (κ3) is 5.95. The first-order chi connectivity index (χ1) is 17.5. The summed E-state index contributed by atoms with van der Waals surface area (Å²) in [4.78, 5) is 18.8. The number of amides is 1. The van der Waals surface area contributed by atoms with Crippen LogP contribution in [0.2, 0.25) is 0 Å². The smallest absolute Gasteiger partial charge is 0.239 e. The summed E-state index contributed by atoms with van der Waals surface area (Å²) in [6.07, 6.45) is 20.3. The standard InChI is InChI=1S/C30H53N5O/c31-15-12-21-13-16-34(17-14-21)30(36)28-18-25-10-11-26(29(32)33)19-27(25)35(28)20-22-6-8-24(9-7-22)23-4-2-1-3-5-23/h21-28H,1-20,31H2,(H3,32,33). The Hall–Kier alpha value is -1.14. The Morgan fingerprint density at radius 1 is 0.778 bits per heavy atom. The summed E-state index contributed by atoms with van der Waals surface area (Å²) < 4.78 is 0. The Morgan fingerprint density at radius 2 is 1.44 bits per heavy atom. The minimum Gasteiger partial charge on any atom is -0.387 e. The van der Waals surface area contributed by atoms with Crippen molar-refractivity contribution in [3.63, 3.8) is 0 Å². The van der Waals surface area contributed by atoms with Crippen LogP contribution in [-0.2, 0) is 4.79 Å². The van der Waals surface area contributed by atoms with Crippen molar-refractivity contribution in [2.45, 2.75) is 115 Å². The molecule has 4 atom stereocenters. The maximum absolute atomic E-state index is 13.9. The molecule has 0 spiro atoms. The Labute approximate surface area is 219 Å². The van der Waals surface area contributed by atoms with E-state index in [0.29, 0.717) is 29.6 Å². The Kier molecular flexibility index (Phi) is 8.93. The average Bonchev–Trinajstić information content (AvgIpc) is 3.27. The fourth-order valence-corrected chi connectivity index (χ4v) is 8.97. The number of carbonyl (C=O) groups excluding carboxylic acids is 1. The maximum atomic E-state index is 13.9. The van der Waals surface area contributed by atoms with E-state index in [2.05, 4.69) is 9.80 Å². The van der Waals surface area contributed by atoms with Crippen LogP contribution in [0.25, 0.3) is 0 Å². The third-order valence-corrected chi connectivity index (χ3v) is 11.2. The van der Waals surface area contributed by atoms with E-state index in [1.165, 1.54) is 57.8 Å². The van der Waals surface area contributed by atoms with Crippen LogP contribution in [0.4, 0.5) is 0 Å². The highest BCUT2D eigenvalue weighted by Gasteiger charge is 2.49. The van der Waals surface area contributed by atoms with Crippen LogP contribution in [0.5, 0.6) is 0 Å². The van der Waals surface area contributed by atoms with Crippen LogP contribution >= 0.6 is 0 Å². The first-order valence-corrected chi connectivity index (χ1v) is 15.6. The zero-order valence-electron chi connectivity index (χ0n) is 22.7. The van der Waals surface area contributed by atoms with Crippen LogP contribution in [0.15, 0.2) is 0 Å². The Balaban J connectivity index is 1.23. The van der Waals surface area contributed by atoms with Crippen LogP contribution in [0.1, 0.15) is 103 Å². The van der Waals surface area contributed by atoms with Crippen LogP contribution in [0, 0.1) is 40.9 Å². The van der Waals surface area contributed by atoms with Gasteiger partial charge in [-0.2, -0.15) is 0 Å². The maximum Gasteiger partial charge on any atom is 0.239 e.